The molecule has 0 radical (unpaired) electrons. The van der Waals surface area contributed by atoms with Crippen molar-refractivity contribution in [3.8, 4) is 0 Å². The Morgan fingerprint density at radius 2 is 2.20 bits per heavy atom. The van der Waals surface area contributed by atoms with E-state index in [-0.39, 0.29) is 0 Å². The van der Waals surface area contributed by atoms with Crippen molar-refractivity contribution in [3.05, 3.63) is 16.9 Å². The van der Waals surface area contributed by atoms with E-state index in [9.17, 15) is 0 Å². The summed E-state index contributed by atoms with van der Waals surface area (Å²) in [5.74, 6) is 0.832. The fourth-order valence-corrected chi connectivity index (χ4v) is 2.07. The van der Waals surface area contributed by atoms with E-state index in [1.54, 1.807) is 12.4 Å². The van der Waals surface area contributed by atoms with Gasteiger partial charge in [0, 0.05) is 31.5 Å². The Bertz CT molecular complexity index is 314. The first-order chi connectivity index (χ1) is 7.29. The summed E-state index contributed by atoms with van der Waals surface area (Å²) in [6.07, 6.45) is 6.03. The lowest BCUT2D eigenvalue weighted by Crippen LogP contribution is -2.45. The van der Waals surface area contributed by atoms with E-state index in [2.05, 4.69) is 36.1 Å². The van der Waals surface area contributed by atoms with Gasteiger partial charge in [-0.1, -0.05) is 0 Å². The van der Waals surface area contributed by atoms with Gasteiger partial charge in [0.1, 0.15) is 0 Å². The van der Waals surface area contributed by atoms with E-state index in [1.165, 1.54) is 12.8 Å². The van der Waals surface area contributed by atoms with Crippen LogP contribution in [0.25, 0.3) is 0 Å². The molecule has 1 fully saturated rings. The lowest BCUT2D eigenvalue weighted by Gasteiger charge is -2.32. The SMILES string of the molecule is CNC1CCCN(c2ncc(Br)cn2)C1. The molecule has 1 N–H and O–H groups in total. The Balaban J connectivity index is 2.06. The van der Waals surface area contributed by atoms with Crippen molar-refractivity contribution >= 4 is 21.9 Å². The van der Waals surface area contributed by atoms with Gasteiger partial charge in [-0.3, -0.25) is 0 Å². The molecule has 0 amide bonds. The van der Waals surface area contributed by atoms with Crippen LogP contribution < -0.4 is 10.2 Å². The summed E-state index contributed by atoms with van der Waals surface area (Å²) in [5.41, 5.74) is 0. The summed E-state index contributed by atoms with van der Waals surface area (Å²) in [6, 6.07) is 0.561. The van der Waals surface area contributed by atoms with Crippen molar-refractivity contribution in [1.82, 2.24) is 15.3 Å². The van der Waals surface area contributed by atoms with Crippen LogP contribution in [0.4, 0.5) is 5.95 Å². The van der Waals surface area contributed by atoms with Gasteiger partial charge >= 0.3 is 0 Å². The summed E-state index contributed by atoms with van der Waals surface area (Å²) in [7, 11) is 2.01. The predicted octanol–water partition coefficient (Wildman–Crippen LogP) is 1.43. The van der Waals surface area contributed by atoms with E-state index >= 15 is 0 Å². The molecule has 0 spiro atoms. The van der Waals surface area contributed by atoms with Crippen molar-refractivity contribution in [1.29, 1.82) is 0 Å². The largest absolute Gasteiger partial charge is 0.339 e. The van der Waals surface area contributed by atoms with Gasteiger partial charge in [-0.25, -0.2) is 9.97 Å². The highest BCUT2D eigenvalue weighted by atomic mass is 79.9. The minimum atomic E-state index is 0.561. The molecule has 1 aliphatic heterocycles. The van der Waals surface area contributed by atoms with Crippen molar-refractivity contribution in [3.63, 3.8) is 0 Å². The van der Waals surface area contributed by atoms with Crippen LogP contribution >= 0.6 is 15.9 Å². The van der Waals surface area contributed by atoms with Crippen molar-refractivity contribution in [2.24, 2.45) is 0 Å². The summed E-state index contributed by atoms with van der Waals surface area (Å²) in [6.45, 7) is 2.05. The number of rotatable bonds is 2. The van der Waals surface area contributed by atoms with Crippen LogP contribution in [0.3, 0.4) is 0 Å². The molecule has 0 aliphatic carbocycles. The van der Waals surface area contributed by atoms with Crippen LogP contribution in [0.1, 0.15) is 12.8 Å². The van der Waals surface area contributed by atoms with Crippen molar-refractivity contribution in [2.45, 2.75) is 18.9 Å². The maximum absolute atomic E-state index is 4.31. The molecule has 2 rings (SSSR count). The van der Waals surface area contributed by atoms with Gasteiger partial charge in [0.05, 0.1) is 4.47 Å². The van der Waals surface area contributed by atoms with Crippen LogP contribution in [0.5, 0.6) is 0 Å². The molecule has 2 heterocycles. The molecular formula is C10H15BrN4. The molecule has 5 heteroatoms. The zero-order valence-corrected chi connectivity index (χ0v) is 10.4. The quantitative estimate of drug-likeness (QED) is 0.883. The number of anilines is 1. The van der Waals surface area contributed by atoms with Gasteiger partial charge in [-0.2, -0.15) is 0 Å². The fraction of sp³-hybridized carbons (Fsp3) is 0.600. The standard InChI is InChI=1S/C10H15BrN4/c1-12-9-3-2-4-15(7-9)10-13-5-8(11)6-14-10/h5-6,9,12H,2-4,7H2,1H3. The van der Waals surface area contributed by atoms with Gasteiger partial charge < -0.3 is 10.2 Å². The second kappa shape index (κ2) is 4.90. The van der Waals surface area contributed by atoms with Crippen LogP contribution in [-0.4, -0.2) is 36.1 Å². The molecule has 0 bridgehead atoms. The molecule has 1 aliphatic rings. The first kappa shape index (κ1) is 10.8. The zero-order chi connectivity index (χ0) is 10.7. The van der Waals surface area contributed by atoms with Crippen LogP contribution in [-0.2, 0) is 0 Å². The number of nitrogens with one attached hydrogen (secondary N) is 1. The first-order valence-corrected chi connectivity index (χ1v) is 5.98. The summed E-state index contributed by atoms with van der Waals surface area (Å²) >= 11 is 3.34. The highest BCUT2D eigenvalue weighted by molar-refractivity contribution is 9.10. The summed E-state index contributed by atoms with van der Waals surface area (Å²) in [4.78, 5) is 10.9. The predicted molar refractivity (Wildman–Crippen MR) is 64.0 cm³/mol. The van der Waals surface area contributed by atoms with Crippen LogP contribution in [0.15, 0.2) is 16.9 Å². The molecule has 0 aromatic carbocycles. The number of piperidine rings is 1. The summed E-state index contributed by atoms with van der Waals surface area (Å²) < 4.78 is 0.924. The molecule has 1 saturated heterocycles. The second-order valence-corrected chi connectivity index (χ2v) is 4.69. The van der Waals surface area contributed by atoms with E-state index in [0.29, 0.717) is 6.04 Å². The van der Waals surface area contributed by atoms with Crippen molar-refractivity contribution < 1.29 is 0 Å². The molecular weight excluding hydrogens is 256 g/mol. The average Bonchev–Trinajstić information content (AvgIpc) is 2.30. The van der Waals surface area contributed by atoms with Gasteiger partial charge in [-0.05, 0) is 35.8 Å². The van der Waals surface area contributed by atoms with Gasteiger partial charge in [0.25, 0.3) is 0 Å². The zero-order valence-electron chi connectivity index (χ0n) is 8.78. The Hall–Kier alpha value is -0.680. The second-order valence-electron chi connectivity index (χ2n) is 3.78. The van der Waals surface area contributed by atoms with Crippen molar-refractivity contribution in [2.75, 3.05) is 25.0 Å². The number of likely N-dealkylation sites (N-methyl/N-ethyl adjacent to an activating group) is 1. The number of hydrogen-bond acceptors (Lipinski definition) is 4. The van der Waals surface area contributed by atoms with E-state index in [1.807, 2.05) is 7.05 Å². The molecule has 82 valence electrons. The topological polar surface area (TPSA) is 41.0 Å². The van der Waals surface area contributed by atoms with Gasteiger partial charge in [-0.15, -0.1) is 0 Å². The third-order valence-electron chi connectivity index (χ3n) is 2.72. The smallest absolute Gasteiger partial charge is 0.225 e. The molecule has 1 aromatic heterocycles. The lowest BCUT2D eigenvalue weighted by molar-refractivity contribution is 0.445. The number of aromatic nitrogens is 2. The molecule has 1 unspecified atom stereocenters. The molecule has 15 heavy (non-hydrogen) atoms. The Kier molecular flexibility index (Phi) is 3.53. The first-order valence-electron chi connectivity index (χ1n) is 5.19. The maximum Gasteiger partial charge on any atom is 0.225 e. The minimum Gasteiger partial charge on any atom is -0.339 e. The molecule has 1 aromatic rings. The average molecular weight is 271 g/mol. The summed E-state index contributed by atoms with van der Waals surface area (Å²) in [5, 5.41) is 3.31. The number of nitrogens with zero attached hydrogens (tertiary/aromatic N) is 3. The Morgan fingerprint density at radius 1 is 1.47 bits per heavy atom. The normalized spacial score (nSPS) is 21.7. The monoisotopic (exact) mass is 270 g/mol. The van der Waals surface area contributed by atoms with Gasteiger partial charge in [0.2, 0.25) is 5.95 Å². The molecule has 4 nitrogen and oxygen atoms in total. The third kappa shape index (κ3) is 2.66. The fourth-order valence-electron chi connectivity index (χ4n) is 1.86. The van der Waals surface area contributed by atoms with E-state index in [4.69, 9.17) is 0 Å². The minimum absolute atomic E-state index is 0.561. The van der Waals surface area contributed by atoms with E-state index in [0.717, 1.165) is 23.5 Å². The van der Waals surface area contributed by atoms with Gasteiger partial charge in [0.15, 0.2) is 0 Å². The van der Waals surface area contributed by atoms with E-state index < -0.39 is 0 Å². The highest BCUT2D eigenvalue weighted by Gasteiger charge is 2.19. The Morgan fingerprint density at radius 3 is 2.87 bits per heavy atom. The lowest BCUT2D eigenvalue weighted by atomic mass is 10.1. The number of hydrogen-bond donors (Lipinski definition) is 1. The van der Waals surface area contributed by atoms with Crippen LogP contribution in [0, 0.1) is 0 Å². The third-order valence-corrected chi connectivity index (χ3v) is 3.13. The highest BCUT2D eigenvalue weighted by Crippen LogP contribution is 2.16. The maximum atomic E-state index is 4.31. The number of halogens is 1. The molecule has 0 saturated carbocycles. The van der Waals surface area contributed by atoms with Crippen LogP contribution in [0.2, 0.25) is 0 Å². The Labute approximate surface area is 98.2 Å². The molecule has 1 atom stereocenters.